The Morgan fingerprint density at radius 3 is 2.31 bits per heavy atom. The molecule has 4 aromatic rings. The third-order valence-electron chi connectivity index (χ3n) is 8.72. The smallest absolute Gasteiger partial charge is 0.322 e. The molecule has 3 aromatic carbocycles. The molecule has 2 N–H and O–H groups in total. The van der Waals surface area contributed by atoms with Gasteiger partial charge in [0.25, 0.3) is 0 Å². The average molecular weight is 611 g/mol. The van der Waals surface area contributed by atoms with Gasteiger partial charge in [0.15, 0.2) is 0 Å². The fraction of sp³-hybridized carbons (Fsp3) is 0.444. The van der Waals surface area contributed by atoms with E-state index in [1.807, 2.05) is 43.0 Å². The van der Waals surface area contributed by atoms with Gasteiger partial charge < -0.3 is 29.6 Å². The monoisotopic (exact) mass is 610 g/mol. The van der Waals surface area contributed by atoms with Crippen molar-refractivity contribution in [3.8, 4) is 17.1 Å². The second-order valence-corrected chi connectivity index (χ2v) is 13.4. The Morgan fingerprint density at radius 1 is 0.956 bits per heavy atom. The van der Waals surface area contributed by atoms with Crippen LogP contribution in [0.3, 0.4) is 0 Å². The summed E-state index contributed by atoms with van der Waals surface area (Å²) in [4.78, 5) is 28.0. The molecule has 2 saturated heterocycles. The summed E-state index contributed by atoms with van der Waals surface area (Å²) in [6, 6.07) is 22.7. The number of morpholine rings is 1. The van der Waals surface area contributed by atoms with Gasteiger partial charge in [-0.3, -0.25) is 4.90 Å². The molecule has 6 rings (SSSR count). The first-order valence-electron chi connectivity index (χ1n) is 16.1. The third-order valence-corrected chi connectivity index (χ3v) is 8.72. The number of urea groups is 1. The molecule has 0 aliphatic carbocycles. The molecule has 2 atom stereocenters. The van der Waals surface area contributed by atoms with Crippen LogP contribution in [0.1, 0.15) is 40.2 Å². The maximum absolute atomic E-state index is 12.7. The largest absolute Gasteiger partial charge is 0.492 e. The number of anilines is 2. The highest BCUT2D eigenvalue weighted by atomic mass is 16.5. The SMILES string of the molecule is CC1CN(C(=O)Nc2ccc(OCCN3CCN(c4cccc5[nH]c(-c6ccc(C(C)(C)C)cc6)nc45)CC3)cc2)CC(C)O1. The summed E-state index contributed by atoms with van der Waals surface area (Å²) in [5.41, 5.74) is 6.58. The van der Waals surface area contributed by atoms with Gasteiger partial charge in [0.2, 0.25) is 0 Å². The van der Waals surface area contributed by atoms with E-state index < -0.39 is 0 Å². The molecule has 2 amide bonds. The molecule has 3 heterocycles. The van der Waals surface area contributed by atoms with Crippen molar-refractivity contribution >= 4 is 28.4 Å². The van der Waals surface area contributed by atoms with E-state index in [-0.39, 0.29) is 23.7 Å². The van der Waals surface area contributed by atoms with Gasteiger partial charge in [0, 0.05) is 57.1 Å². The first kappa shape index (κ1) is 30.9. The Balaban J connectivity index is 0.979. The Kier molecular flexibility index (Phi) is 9.01. The van der Waals surface area contributed by atoms with Crippen molar-refractivity contribution in [1.29, 1.82) is 0 Å². The fourth-order valence-corrected chi connectivity index (χ4v) is 6.22. The molecular weight excluding hydrogens is 564 g/mol. The minimum atomic E-state index is -0.0975. The first-order valence-corrected chi connectivity index (χ1v) is 16.1. The summed E-state index contributed by atoms with van der Waals surface area (Å²) in [6.45, 7) is 17.2. The molecule has 0 radical (unpaired) electrons. The number of aromatic amines is 1. The van der Waals surface area contributed by atoms with Crippen LogP contribution in [0.5, 0.6) is 5.75 Å². The van der Waals surface area contributed by atoms with Crippen LogP contribution in [0.4, 0.5) is 16.2 Å². The van der Waals surface area contributed by atoms with Crippen LogP contribution in [0.25, 0.3) is 22.4 Å². The standard InChI is InChI=1S/C36H46N6O3/c1-25-23-42(24-26(2)45-25)35(43)37-29-13-15-30(16-14-29)44-22-21-40-17-19-41(20-18-40)32-8-6-7-31-33(32)39-34(38-31)27-9-11-28(12-10-27)36(3,4)5/h6-16,25-26H,17-24H2,1-5H3,(H,37,43)(H,38,39). The molecule has 9 nitrogen and oxygen atoms in total. The average Bonchev–Trinajstić information content (AvgIpc) is 3.46. The number of carbonyl (C=O) groups excluding carboxylic acids is 1. The van der Waals surface area contributed by atoms with Gasteiger partial charge in [-0.05, 0) is 61.2 Å². The molecule has 0 spiro atoms. The molecule has 2 unspecified atom stereocenters. The lowest BCUT2D eigenvalue weighted by Gasteiger charge is -2.36. The van der Waals surface area contributed by atoms with Crippen LogP contribution in [0.15, 0.2) is 66.7 Å². The van der Waals surface area contributed by atoms with Crippen LogP contribution < -0.4 is 15.0 Å². The highest BCUT2D eigenvalue weighted by molar-refractivity contribution is 5.91. The molecule has 238 valence electrons. The number of hydrogen-bond acceptors (Lipinski definition) is 6. The number of nitrogens with zero attached hydrogens (tertiary/aromatic N) is 4. The second kappa shape index (κ2) is 13.1. The number of amides is 2. The van der Waals surface area contributed by atoms with E-state index >= 15 is 0 Å². The van der Waals surface area contributed by atoms with Gasteiger partial charge in [-0.1, -0.05) is 51.1 Å². The number of carbonyl (C=O) groups is 1. The third kappa shape index (κ3) is 7.43. The van der Waals surface area contributed by atoms with Crippen LogP contribution in [-0.2, 0) is 10.2 Å². The molecule has 45 heavy (non-hydrogen) atoms. The fourth-order valence-electron chi connectivity index (χ4n) is 6.22. The van der Waals surface area contributed by atoms with Gasteiger partial charge >= 0.3 is 6.03 Å². The maximum atomic E-state index is 12.7. The van der Waals surface area contributed by atoms with E-state index in [0.29, 0.717) is 19.7 Å². The van der Waals surface area contributed by atoms with Crippen LogP contribution in [0.2, 0.25) is 0 Å². The maximum Gasteiger partial charge on any atom is 0.322 e. The van der Waals surface area contributed by atoms with Gasteiger partial charge in [0.1, 0.15) is 23.7 Å². The van der Waals surface area contributed by atoms with Gasteiger partial charge in [-0.25, -0.2) is 9.78 Å². The quantitative estimate of drug-likeness (QED) is 0.253. The zero-order valence-electron chi connectivity index (χ0n) is 27.2. The van der Waals surface area contributed by atoms with E-state index in [4.69, 9.17) is 14.5 Å². The normalized spacial score (nSPS) is 19.6. The molecule has 9 heteroatoms. The van der Waals surface area contributed by atoms with Crippen molar-refractivity contribution in [3.63, 3.8) is 0 Å². The molecule has 1 aromatic heterocycles. The molecular formula is C36H46N6O3. The summed E-state index contributed by atoms with van der Waals surface area (Å²) in [7, 11) is 0. The predicted molar refractivity (Wildman–Crippen MR) is 181 cm³/mol. The lowest BCUT2D eigenvalue weighted by atomic mass is 9.87. The van der Waals surface area contributed by atoms with Gasteiger partial charge in [-0.2, -0.15) is 0 Å². The van der Waals surface area contributed by atoms with Gasteiger partial charge in [0.05, 0.1) is 23.4 Å². The molecule has 2 aliphatic heterocycles. The molecule has 2 fully saturated rings. The minimum Gasteiger partial charge on any atom is -0.492 e. The highest BCUT2D eigenvalue weighted by Crippen LogP contribution is 2.30. The molecule has 0 bridgehead atoms. The summed E-state index contributed by atoms with van der Waals surface area (Å²) in [5.74, 6) is 1.71. The number of para-hydroxylation sites is 1. The number of piperazine rings is 1. The lowest BCUT2D eigenvalue weighted by Crippen LogP contribution is -2.49. The van der Waals surface area contributed by atoms with E-state index in [1.165, 1.54) is 11.3 Å². The van der Waals surface area contributed by atoms with Crippen LogP contribution in [0, 0.1) is 0 Å². The number of ether oxygens (including phenoxy) is 2. The highest BCUT2D eigenvalue weighted by Gasteiger charge is 2.26. The summed E-state index contributed by atoms with van der Waals surface area (Å²) in [6.07, 6.45) is 0.0824. The van der Waals surface area contributed by atoms with Crippen molar-refractivity contribution in [2.24, 2.45) is 0 Å². The van der Waals surface area contributed by atoms with E-state index in [2.05, 4.69) is 83.3 Å². The Hall–Kier alpha value is -4.08. The molecule has 2 aliphatic rings. The topological polar surface area (TPSA) is 86.0 Å². The summed E-state index contributed by atoms with van der Waals surface area (Å²) in [5, 5.41) is 2.99. The first-order chi connectivity index (χ1) is 21.6. The number of hydrogen-bond donors (Lipinski definition) is 2. The lowest BCUT2D eigenvalue weighted by molar-refractivity contribution is -0.0530. The number of benzene rings is 3. The Morgan fingerprint density at radius 2 is 1.64 bits per heavy atom. The number of nitrogens with one attached hydrogen (secondary N) is 2. The van der Waals surface area contributed by atoms with Gasteiger partial charge in [-0.15, -0.1) is 0 Å². The van der Waals surface area contributed by atoms with Crippen LogP contribution in [-0.4, -0.2) is 90.4 Å². The van der Waals surface area contributed by atoms with Crippen molar-refractivity contribution in [3.05, 3.63) is 72.3 Å². The van der Waals surface area contributed by atoms with E-state index in [9.17, 15) is 4.79 Å². The zero-order valence-corrected chi connectivity index (χ0v) is 27.2. The second-order valence-electron chi connectivity index (χ2n) is 13.4. The van der Waals surface area contributed by atoms with Crippen molar-refractivity contribution < 1.29 is 14.3 Å². The number of rotatable bonds is 7. The predicted octanol–water partition coefficient (Wildman–Crippen LogP) is 6.37. The van der Waals surface area contributed by atoms with Crippen LogP contribution >= 0.6 is 0 Å². The minimum absolute atomic E-state index is 0.0412. The number of H-pyrrole nitrogens is 1. The zero-order chi connectivity index (χ0) is 31.6. The number of fused-ring (bicyclic) bond motifs is 1. The Bertz CT molecular complexity index is 1580. The number of imidazole rings is 1. The Labute approximate surface area is 266 Å². The summed E-state index contributed by atoms with van der Waals surface area (Å²) >= 11 is 0. The van der Waals surface area contributed by atoms with E-state index in [1.54, 1.807) is 0 Å². The van der Waals surface area contributed by atoms with Crippen molar-refractivity contribution in [1.82, 2.24) is 19.8 Å². The molecule has 0 saturated carbocycles. The van der Waals surface area contributed by atoms with E-state index in [0.717, 1.165) is 66.6 Å². The summed E-state index contributed by atoms with van der Waals surface area (Å²) < 4.78 is 11.8. The van der Waals surface area contributed by atoms with Crippen molar-refractivity contribution in [2.75, 3.05) is 62.6 Å². The number of aromatic nitrogens is 2. The van der Waals surface area contributed by atoms with Crippen molar-refractivity contribution in [2.45, 2.75) is 52.2 Å².